The van der Waals surface area contributed by atoms with Crippen LogP contribution in [0.1, 0.15) is 17.7 Å². The summed E-state index contributed by atoms with van der Waals surface area (Å²) in [6.45, 7) is 1.51. The van der Waals surface area contributed by atoms with Crippen LogP contribution in [0.2, 0.25) is 5.02 Å². The molecule has 0 N–H and O–H groups in total. The fraction of sp³-hybridized carbons (Fsp3) is 0.286. The van der Waals surface area contributed by atoms with Gasteiger partial charge in [-0.1, -0.05) is 11.6 Å². The second-order valence-corrected chi connectivity index (χ2v) is 2.50. The Morgan fingerprint density at radius 1 is 1.55 bits per heavy atom. The van der Waals surface area contributed by atoms with Crippen molar-refractivity contribution in [2.75, 3.05) is 0 Å². The predicted molar refractivity (Wildman–Crippen MR) is 38.9 cm³/mol. The van der Waals surface area contributed by atoms with Gasteiger partial charge in [-0.15, -0.1) is 0 Å². The number of halogens is 3. The highest BCUT2D eigenvalue weighted by molar-refractivity contribution is 6.31. The largest absolute Gasteiger partial charge is 0.267 e. The summed E-state index contributed by atoms with van der Waals surface area (Å²) in [4.78, 5) is 3.70. The lowest BCUT2D eigenvalue weighted by molar-refractivity contribution is 0.150. The highest BCUT2D eigenvalue weighted by Crippen LogP contribution is 2.28. The average molecular weight is 178 g/mol. The molecule has 0 spiro atoms. The van der Waals surface area contributed by atoms with Crippen molar-refractivity contribution in [3.63, 3.8) is 0 Å². The van der Waals surface area contributed by atoms with E-state index in [9.17, 15) is 8.78 Å². The molecule has 1 rings (SSSR count). The number of aromatic nitrogens is 1. The van der Waals surface area contributed by atoms with E-state index < -0.39 is 6.43 Å². The van der Waals surface area contributed by atoms with Gasteiger partial charge in [-0.25, -0.2) is 8.78 Å². The van der Waals surface area contributed by atoms with Gasteiger partial charge in [-0.05, 0) is 13.0 Å². The molecule has 0 amide bonds. The first-order valence-corrected chi connectivity index (χ1v) is 3.40. The highest BCUT2D eigenvalue weighted by Gasteiger charge is 2.14. The van der Waals surface area contributed by atoms with Crippen molar-refractivity contribution in [2.24, 2.45) is 0 Å². The van der Waals surface area contributed by atoms with Crippen molar-refractivity contribution in [1.29, 1.82) is 0 Å². The van der Waals surface area contributed by atoms with E-state index in [1.807, 2.05) is 0 Å². The maximum atomic E-state index is 12.2. The van der Waals surface area contributed by atoms with E-state index in [1.54, 1.807) is 0 Å². The Kier molecular flexibility index (Phi) is 2.39. The zero-order valence-electron chi connectivity index (χ0n) is 5.81. The molecule has 1 nitrogen and oxygen atoms in total. The van der Waals surface area contributed by atoms with Gasteiger partial charge in [0.15, 0.2) is 0 Å². The molecule has 1 heterocycles. The molecule has 0 saturated heterocycles. The van der Waals surface area contributed by atoms with Crippen LogP contribution < -0.4 is 0 Å². The van der Waals surface area contributed by atoms with Gasteiger partial charge in [0.2, 0.25) is 0 Å². The molecule has 0 aromatic carbocycles. The molecule has 0 aliphatic rings. The van der Waals surface area contributed by atoms with Crippen molar-refractivity contribution in [2.45, 2.75) is 13.3 Å². The molecule has 0 unspecified atom stereocenters. The molecule has 0 radical (unpaired) electrons. The first-order valence-electron chi connectivity index (χ1n) is 3.02. The summed E-state index contributed by atoms with van der Waals surface area (Å²) >= 11 is 5.50. The standard InChI is InChI=1S/C7H6ClF2N/c1-4-6(7(9)10)5(8)2-3-11-4/h2-3,7H,1H3. The van der Waals surface area contributed by atoms with Gasteiger partial charge in [0, 0.05) is 11.9 Å². The Labute approximate surface area is 68.0 Å². The molecular weight excluding hydrogens is 172 g/mol. The van der Waals surface area contributed by atoms with Crippen molar-refractivity contribution in [1.82, 2.24) is 4.98 Å². The van der Waals surface area contributed by atoms with Gasteiger partial charge in [0.1, 0.15) is 0 Å². The molecule has 4 heteroatoms. The Morgan fingerprint density at radius 3 is 2.55 bits per heavy atom. The molecule has 11 heavy (non-hydrogen) atoms. The van der Waals surface area contributed by atoms with E-state index in [4.69, 9.17) is 11.6 Å². The Bertz CT molecular complexity index is 242. The van der Waals surface area contributed by atoms with Gasteiger partial charge in [0.05, 0.1) is 10.6 Å². The Morgan fingerprint density at radius 2 is 2.18 bits per heavy atom. The van der Waals surface area contributed by atoms with E-state index in [0.717, 1.165) is 0 Å². The van der Waals surface area contributed by atoms with E-state index >= 15 is 0 Å². The molecule has 1 aromatic rings. The molecule has 0 atom stereocenters. The van der Waals surface area contributed by atoms with Crippen LogP contribution in [0.5, 0.6) is 0 Å². The molecule has 0 saturated carbocycles. The van der Waals surface area contributed by atoms with Gasteiger partial charge < -0.3 is 0 Å². The lowest BCUT2D eigenvalue weighted by atomic mass is 10.2. The predicted octanol–water partition coefficient (Wildman–Crippen LogP) is 2.98. The molecular formula is C7H6ClF2N. The summed E-state index contributed by atoms with van der Waals surface area (Å²) in [5.74, 6) is 0. The normalized spacial score (nSPS) is 10.6. The number of pyridine rings is 1. The SMILES string of the molecule is Cc1nccc(Cl)c1C(F)F. The third kappa shape index (κ3) is 1.66. The summed E-state index contributed by atoms with van der Waals surface area (Å²) in [6.07, 6.45) is -1.14. The molecule has 1 aromatic heterocycles. The van der Waals surface area contributed by atoms with E-state index in [1.165, 1.54) is 19.2 Å². The van der Waals surface area contributed by atoms with Crippen LogP contribution in [0, 0.1) is 6.92 Å². The summed E-state index contributed by atoms with van der Waals surface area (Å²) in [7, 11) is 0. The first-order chi connectivity index (χ1) is 5.13. The lowest BCUT2D eigenvalue weighted by Gasteiger charge is -2.04. The van der Waals surface area contributed by atoms with Crippen LogP contribution in [0.25, 0.3) is 0 Å². The Balaban J connectivity index is 3.21. The third-order valence-electron chi connectivity index (χ3n) is 1.35. The van der Waals surface area contributed by atoms with Gasteiger partial charge in [-0.3, -0.25) is 4.98 Å². The van der Waals surface area contributed by atoms with Gasteiger partial charge in [-0.2, -0.15) is 0 Å². The fourth-order valence-corrected chi connectivity index (χ4v) is 1.08. The third-order valence-corrected chi connectivity index (χ3v) is 1.68. The second-order valence-electron chi connectivity index (χ2n) is 2.09. The fourth-order valence-electron chi connectivity index (χ4n) is 0.809. The van der Waals surface area contributed by atoms with Gasteiger partial charge in [0.25, 0.3) is 6.43 Å². The minimum Gasteiger partial charge on any atom is -0.261 e. The van der Waals surface area contributed by atoms with Crippen LogP contribution in [0.3, 0.4) is 0 Å². The summed E-state index contributed by atoms with van der Waals surface area (Å²) in [5, 5.41) is 0.0764. The van der Waals surface area contributed by atoms with E-state index in [0.29, 0.717) is 0 Å². The first kappa shape index (κ1) is 8.40. The van der Waals surface area contributed by atoms with Crippen LogP contribution in [-0.4, -0.2) is 4.98 Å². The number of nitrogens with zero attached hydrogens (tertiary/aromatic N) is 1. The molecule has 0 aliphatic heterocycles. The van der Waals surface area contributed by atoms with Gasteiger partial charge >= 0.3 is 0 Å². The minimum atomic E-state index is -2.55. The second kappa shape index (κ2) is 3.13. The average Bonchev–Trinajstić information content (AvgIpc) is 1.85. The monoisotopic (exact) mass is 177 g/mol. The van der Waals surface area contributed by atoms with Crippen LogP contribution in [-0.2, 0) is 0 Å². The number of aryl methyl sites for hydroxylation is 1. The van der Waals surface area contributed by atoms with Crippen LogP contribution in [0.15, 0.2) is 12.3 Å². The van der Waals surface area contributed by atoms with Crippen LogP contribution in [0.4, 0.5) is 8.78 Å². The molecule has 0 aliphatic carbocycles. The highest BCUT2D eigenvalue weighted by atomic mass is 35.5. The smallest absolute Gasteiger partial charge is 0.261 e. The Hall–Kier alpha value is -0.700. The lowest BCUT2D eigenvalue weighted by Crippen LogP contribution is -1.93. The van der Waals surface area contributed by atoms with E-state index in [2.05, 4.69) is 4.98 Å². The minimum absolute atomic E-state index is 0.0764. The van der Waals surface area contributed by atoms with Crippen molar-refractivity contribution in [3.8, 4) is 0 Å². The van der Waals surface area contributed by atoms with Crippen molar-refractivity contribution >= 4 is 11.6 Å². The number of alkyl halides is 2. The van der Waals surface area contributed by atoms with Crippen LogP contribution >= 0.6 is 11.6 Å². The maximum Gasteiger partial charge on any atom is 0.267 e. The number of hydrogen-bond donors (Lipinski definition) is 0. The summed E-state index contributed by atoms with van der Waals surface area (Å²) in [6, 6.07) is 1.36. The van der Waals surface area contributed by atoms with Crippen molar-refractivity contribution in [3.05, 3.63) is 28.5 Å². The number of rotatable bonds is 1. The van der Waals surface area contributed by atoms with Crippen molar-refractivity contribution < 1.29 is 8.78 Å². The maximum absolute atomic E-state index is 12.2. The summed E-state index contributed by atoms with van der Waals surface area (Å²) < 4.78 is 24.3. The zero-order valence-corrected chi connectivity index (χ0v) is 6.57. The number of hydrogen-bond acceptors (Lipinski definition) is 1. The topological polar surface area (TPSA) is 12.9 Å². The quantitative estimate of drug-likeness (QED) is 0.643. The molecule has 0 bridgehead atoms. The van der Waals surface area contributed by atoms with E-state index in [-0.39, 0.29) is 16.3 Å². The molecule has 0 fully saturated rings. The zero-order chi connectivity index (χ0) is 8.43. The molecule has 60 valence electrons. The summed E-state index contributed by atoms with van der Waals surface area (Å²) in [5.41, 5.74) is 0.113.